The second kappa shape index (κ2) is 7.88. The third-order valence-corrected chi connectivity index (χ3v) is 6.13. The van der Waals surface area contributed by atoms with Gasteiger partial charge in [0.25, 0.3) is 0 Å². The van der Waals surface area contributed by atoms with Crippen LogP contribution in [0.15, 0.2) is 121 Å². The molecule has 0 fully saturated rings. The van der Waals surface area contributed by atoms with Crippen LogP contribution in [0.1, 0.15) is 0 Å². The molecule has 0 unspecified atom stereocenters. The van der Waals surface area contributed by atoms with Gasteiger partial charge >= 0.3 is 0 Å². The molecule has 0 atom stereocenters. The van der Waals surface area contributed by atoms with Gasteiger partial charge in [-0.3, -0.25) is 0 Å². The highest BCUT2D eigenvalue weighted by Crippen LogP contribution is 2.37. The molecular weight excluding hydrogens is 402 g/mol. The lowest BCUT2D eigenvalue weighted by molar-refractivity contribution is 1.18. The minimum Gasteiger partial charge on any atom is -0.398 e. The standard InChI is InChI=1S/C30H23N3/c31-26-15-9-16-27(30(26)21-10-3-1-4-11-21)32-22-18-19-25-24-14-7-8-17-28(24)33(29(25)20-22)23-12-5-2-6-13-23/h1-20,32H,31H2. The SMILES string of the molecule is Nc1cccc(Nc2ccc3c4ccccc4n(-c4ccccc4)c3c2)c1-c1ccccc1. The molecule has 5 aromatic carbocycles. The van der Waals surface area contributed by atoms with Crippen LogP contribution in [0.2, 0.25) is 0 Å². The van der Waals surface area contributed by atoms with Gasteiger partial charge in [0.1, 0.15) is 0 Å². The van der Waals surface area contributed by atoms with Crippen molar-refractivity contribution in [3.8, 4) is 16.8 Å². The van der Waals surface area contributed by atoms with E-state index in [0.717, 1.165) is 39.4 Å². The zero-order chi connectivity index (χ0) is 22.2. The predicted molar refractivity (Wildman–Crippen MR) is 140 cm³/mol. The number of nitrogens with one attached hydrogen (secondary N) is 1. The Labute approximate surface area is 192 Å². The lowest BCUT2D eigenvalue weighted by atomic mass is 10.0. The monoisotopic (exact) mass is 425 g/mol. The third-order valence-electron chi connectivity index (χ3n) is 6.13. The maximum absolute atomic E-state index is 6.40. The van der Waals surface area contributed by atoms with Crippen molar-refractivity contribution < 1.29 is 0 Å². The van der Waals surface area contributed by atoms with E-state index < -0.39 is 0 Å². The molecule has 1 aromatic heterocycles. The summed E-state index contributed by atoms with van der Waals surface area (Å²) < 4.78 is 2.33. The Hall–Kier alpha value is -4.50. The molecule has 0 radical (unpaired) electrons. The number of hydrogen-bond donors (Lipinski definition) is 2. The van der Waals surface area contributed by atoms with Gasteiger partial charge in [-0.05, 0) is 48.0 Å². The molecule has 0 saturated heterocycles. The molecule has 0 amide bonds. The number of hydrogen-bond acceptors (Lipinski definition) is 2. The van der Waals surface area contributed by atoms with E-state index in [9.17, 15) is 0 Å². The molecule has 33 heavy (non-hydrogen) atoms. The number of aromatic nitrogens is 1. The Bertz CT molecular complexity index is 1580. The summed E-state index contributed by atoms with van der Waals surface area (Å²) in [6.45, 7) is 0. The van der Waals surface area contributed by atoms with Crippen molar-refractivity contribution in [2.75, 3.05) is 11.1 Å². The van der Waals surface area contributed by atoms with Crippen LogP contribution in [-0.2, 0) is 0 Å². The first-order valence-electron chi connectivity index (χ1n) is 11.1. The Kier molecular flexibility index (Phi) is 4.59. The maximum atomic E-state index is 6.40. The second-order valence-corrected chi connectivity index (χ2v) is 8.18. The smallest absolute Gasteiger partial charge is 0.0561 e. The summed E-state index contributed by atoms with van der Waals surface area (Å²) in [5.41, 5.74) is 14.8. The van der Waals surface area contributed by atoms with Gasteiger partial charge in [0.15, 0.2) is 0 Å². The van der Waals surface area contributed by atoms with Gasteiger partial charge in [-0.25, -0.2) is 0 Å². The molecule has 1 heterocycles. The Morgan fingerprint density at radius 1 is 0.576 bits per heavy atom. The van der Waals surface area contributed by atoms with Crippen LogP contribution in [0, 0.1) is 0 Å². The van der Waals surface area contributed by atoms with Crippen LogP contribution < -0.4 is 11.1 Å². The highest BCUT2D eigenvalue weighted by atomic mass is 15.0. The average Bonchev–Trinajstić information content (AvgIpc) is 3.19. The molecule has 0 aliphatic heterocycles. The molecule has 158 valence electrons. The van der Waals surface area contributed by atoms with Gasteiger partial charge in [0.2, 0.25) is 0 Å². The van der Waals surface area contributed by atoms with Crippen LogP contribution >= 0.6 is 0 Å². The number of para-hydroxylation sites is 2. The van der Waals surface area contributed by atoms with Gasteiger partial charge in [-0.15, -0.1) is 0 Å². The van der Waals surface area contributed by atoms with Crippen LogP contribution in [-0.4, -0.2) is 4.57 Å². The average molecular weight is 426 g/mol. The number of nitrogen functional groups attached to an aromatic ring is 1. The first-order chi connectivity index (χ1) is 16.3. The van der Waals surface area contributed by atoms with Crippen molar-refractivity contribution in [2.45, 2.75) is 0 Å². The van der Waals surface area contributed by atoms with Crippen LogP contribution in [0.3, 0.4) is 0 Å². The van der Waals surface area contributed by atoms with Crippen LogP contribution in [0.4, 0.5) is 17.1 Å². The fourth-order valence-electron chi connectivity index (χ4n) is 4.66. The third kappa shape index (κ3) is 3.31. The zero-order valence-electron chi connectivity index (χ0n) is 18.1. The van der Waals surface area contributed by atoms with E-state index in [1.54, 1.807) is 0 Å². The van der Waals surface area contributed by atoms with Crippen molar-refractivity contribution in [2.24, 2.45) is 0 Å². The lowest BCUT2D eigenvalue weighted by Crippen LogP contribution is -1.98. The number of nitrogens with two attached hydrogens (primary N) is 1. The van der Waals surface area contributed by atoms with E-state index >= 15 is 0 Å². The number of anilines is 3. The van der Waals surface area contributed by atoms with Gasteiger partial charge in [-0.2, -0.15) is 0 Å². The molecule has 0 saturated carbocycles. The van der Waals surface area contributed by atoms with Gasteiger partial charge in [0.05, 0.1) is 11.0 Å². The fourth-order valence-corrected chi connectivity index (χ4v) is 4.66. The number of nitrogens with zero attached hydrogens (tertiary/aromatic N) is 1. The predicted octanol–water partition coefficient (Wildman–Crippen LogP) is 7.78. The molecule has 3 nitrogen and oxygen atoms in total. The normalized spacial score (nSPS) is 11.2. The van der Waals surface area contributed by atoms with Crippen molar-refractivity contribution in [3.63, 3.8) is 0 Å². The summed E-state index contributed by atoms with van der Waals surface area (Å²) in [6, 6.07) is 41.9. The molecular formula is C30H23N3. The number of benzene rings is 5. The van der Waals surface area contributed by atoms with Crippen molar-refractivity contribution in [1.29, 1.82) is 0 Å². The Balaban J connectivity index is 1.53. The summed E-state index contributed by atoms with van der Waals surface area (Å²) in [7, 11) is 0. The maximum Gasteiger partial charge on any atom is 0.0561 e. The molecule has 6 aromatic rings. The molecule has 3 heteroatoms. The summed E-state index contributed by atoms with van der Waals surface area (Å²) in [6.07, 6.45) is 0. The highest BCUT2D eigenvalue weighted by Gasteiger charge is 2.14. The zero-order valence-corrected chi connectivity index (χ0v) is 18.1. The first-order valence-corrected chi connectivity index (χ1v) is 11.1. The molecule has 0 aliphatic rings. The largest absolute Gasteiger partial charge is 0.398 e. The van der Waals surface area contributed by atoms with Crippen LogP contribution in [0.25, 0.3) is 38.6 Å². The Morgan fingerprint density at radius 3 is 2.09 bits per heavy atom. The van der Waals surface area contributed by atoms with Crippen molar-refractivity contribution in [3.05, 3.63) is 121 Å². The molecule has 0 spiro atoms. The van der Waals surface area contributed by atoms with E-state index in [0.29, 0.717) is 0 Å². The lowest BCUT2D eigenvalue weighted by Gasteiger charge is -2.15. The Morgan fingerprint density at radius 2 is 1.27 bits per heavy atom. The highest BCUT2D eigenvalue weighted by molar-refractivity contribution is 6.10. The molecule has 3 N–H and O–H groups in total. The molecule has 0 aliphatic carbocycles. The van der Waals surface area contributed by atoms with Gasteiger partial charge < -0.3 is 15.6 Å². The number of rotatable bonds is 4. The minimum atomic E-state index is 0.755. The summed E-state index contributed by atoms with van der Waals surface area (Å²) in [5.74, 6) is 0. The number of fused-ring (bicyclic) bond motifs is 3. The minimum absolute atomic E-state index is 0.755. The summed E-state index contributed by atoms with van der Waals surface area (Å²) in [5, 5.41) is 6.11. The quantitative estimate of drug-likeness (QED) is 0.283. The fraction of sp³-hybridized carbons (Fsp3) is 0. The molecule has 0 bridgehead atoms. The summed E-state index contributed by atoms with van der Waals surface area (Å²) >= 11 is 0. The van der Waals surface area contributed by atoms with Gasteiger partial charge in [-0.1, -0.05) is 78.9 Å². The van der Waals surface area contributed by atoms with Crippen molar-refractivity contribution in [1.82, 2.24) is 4.57 Å². The van der Waals surface area contributed by atoms with E-state index in [4.69, 9.17) is 5.73 Å². The van der Waals surface area contributed by atoms with E-state index in [1.807, 2.05) is 30.3 Å². The van der Waals surface area contributed by atoms with Crippen LogP contribution in [0.5, 0.6) is 0 Å². The topological polar surface area (TPSA) is 43.0 Å². The van der Waals surface area contributed by atoms with E-state index in [1.165, 1.54) is 16.3 Å². The van der Waals surface area contributed by atoms with Crippen molar-refractivity contribution >= 4 is 38.9 Å². The van der Waals surface area contributed by atoms with E-state index in [-0.39, 0.29) is 0 Å². The van der Waals surface area contributed by atoms with Gasteiger partial charge in [0, 0.05) is 39.1 Å². The first kappa shape index (κ1) is 19.2. The summed E-state index contributed by atoms with van der Waals surface area (Å²) in [4.78, 5) is 0. The molecule has 6 rings (SSSR count). The second-order valence-electron chi connectivity index (χ2n) is 8.18. The van der Waals surface area contributed by atoms with E-state index in [2.05, 4.69) is 101 Å².